The van der Waals surface area contributed by atoms with Crippen LogP contribution in [0.1, 0.15) is 23.1 Å². The summed E-state index contributed by atoms with van der Waals surface area (Å²) in [6.45, 7) is 0. The predicted molar refractivity (Wildman–Crippen MR) is 91.5 cm³/mol. The van der Waals surface area contributed by atoms with E-state index >= 15 is 0 Å². The van der Waals surface area contributed by atoms with Crippen LogP contribution in [0.15, 0.2) is 53.4 Å². The summed E-state index contributed by atoms with van der Waals surface area (Å²) in [6, 6.07) is 5.89. The Morgan fingerprint density at radius 3 is 2.33 bits per heavy atom. The highest BCUT2D eigenvalue weighted by atomic mass is 32.2. The van der Waals surface area contributed by atoms with Crippen molar-refractivity contribution in [2.24, 2.45) is 0 Å². The maximum absolute atomic E-state index is 14.5. The van der Waals surface area contributed by atoms with Gasteiger partial charge in [-0.2, -0.15) is 13.2 Å². The first-order chi connectivity index (χ1) is 12.5. The molecule has 2 nitrogen and oxygen atoms in total. The third-order valence-electron chi connectivity index (χ3n) is 4.18. The second-order valence-corrected chi connectivity index (χ2v) is 8.10. The van der Waals surface area contributed by atoms with Gasteiger partial charge >= 0.3 is 6.18 Å². The van der Waals surface area contributed by atoms with Crippen LogP contribution < -0.4 is 0 Å². The van der Waals surface area contributed by atoms with E-state index in [1.807, 2.05) is 0 Å². The Labute approximate surface area is 152 Å². The largest absolute Gasteiger partial charge is 0.416 e. The molecule has 8 heteroatoms. The van der Waals surface area contributed by atoms with E-state index in [1.54, 1.807) is 6.08 Å². The summed E-state index contributed by atoms with van der Waals surface area (Å²) in [5, 5.41) is 0. The quantitative estimate of drug-likeness (QED) is 0.659. The van der Waals surface area contributed by atoms with Crippen molar-refractivity contribution < 1.29 is 30.4 Å². The fourth-order valence-electron chi connectivity index (χ4n) is 2.94. The molecule has 27 heavy (non-hydrogen) atoms. The van der Waals surface area contributed by atoms with Gasteiger partial charge in [-0.05, 0) is 47.4 Å². The van der Waals surface area contributed by atoms with Crippen molar-refractivity contribution in [3.05, 3.63) is 76.9 Å². The summed E-state index contributed by atoms with van der Waals surface area (Å²) in [5.74, 6) is -2.07. The molecular formula is C19H13F5O2S. The molecule has 0 bridgehead atoms. The summed E-state index contributed by atoms with van der Waals surface area (Å²) in [7, 11) is -3.96. The maximum Gasteiger partial charge on any atom is 0.416 e. The van der Waals surface area contributed by atoms with Crippen molar-refractivity contribution in [3.63, 3.8) is 0 Å². The van der Waals surface area contributed by atoms with E-state index in [4.69, 9.17) is 0 Å². The van der Waals surface area contributed by atoms with Crippen molar-refractivity contribution in [1.29, 1.82) is 0 Å². The second-order valence-electron chi connectivity index (χ2n) is 6.11. The van der Waals surface area contributed by atoms with E-state index in [-0.39, 0.29) is 23.1 Å². The lowest BCUT2D eigenvalue weighted by atomic mass is 9.95. The van der Waals surface area contributed by atoms with Crippen LogP contribution in [0, 0.1) is 11.6 Å². The van der Waals surface area contributed by atoms with E-state index in [9.17, 15) is 30.4 Å². The molecule has 142 valence electrons. The second kappa shape index (κ2) is 6.60. The average Bonchev–Trinajstić information content (AvgIpc) is 3.04. The number of alkyl halides is 3. The minimum Gasteiger partial charge on any atom is -0.224 e. The molecule has 1 aliphatic rings. The van der Waals surface area contributed by atoms with Crippen molar-refractivity contribution in [2.45, 2.75) is 17.5 Å². The molecule has 0 spiro atoms. The standard InChI is InChI=1S/C19H13F5O2S/c1-27(25,26)18-10-16(20)15(9-17(18)21)14-7-3-6-13(14)11-4-2-5-12(8-11)19(22,23)24/h2-6,8-10H,7H2,1H3. The summed E-state index contributed by atoms with van der Waals surface area (Å²) < 4.78 is 90.6. The molecule has 0 atom stereocenters. The molecule has 0 fully saturated rings. The number of halogens is 5. The molecule has 3 rings (SSSR count). The minimum absolute atomic E-state index is 0.181. The van der Waals surface area contributed by atoms with Crippen LogP contribution in [0.4, 0.5) is 22.0 Å². The maximum atomic E-state index is 14.5. The van der Waals surface area contributed by atoms with Gasteiger partial charge in [0.2, 0.25) is 0 Å². The van der Waals surface area contributed by atoms with Gasteiger partial charge in [0.05, 0.1) is 5.56 Å². The highest BCUT2D eigenvalue weighted by Crippen LogP contribution is 2.39. The molecule has 0 heterocycles. The lowest BCUT2D eigenvalue weighted by Crippen LogP contribution is -2.05. The minimum atomic E-state index is -4.53. The van der Waals surface area contributed by atoms with Gasteiger partial charge in [-0.15, -0.1) is 0 Å². The fourth-order valence-corrected chi connectivity index (χ4v) is 3.67. The van der Waals surface area contributed by atoms with Crippen molar-refractivity contribution >= 4 is 21.0 Å². The van der Waals surface area contributed by atoms with E-state index in [0.717, 1.165) is 24.5 Å². The Morgan fingerprint density at radius 2 is 1.70 bits per heavy atom. The van der Waals surface area contributed by atoms with Crippen molar-refractivity contribution in [2.75, 3.05) is 6.26 Å². The normalized spacial score (nSPS) is 14.9. The topological polar surface area (TPSA) is 34.1 Å². The van der Waals surface area contributed by atoms with Gasteiger partial charge in [0.15, 0.2) is 9.84 Å². The van der Waals surface area contributed by atoms with E-state index in [2.05, 4.69) is 0 Å². The Kier molecular flexibility index (Phi) is 4.71. The highest BCUT2D eigenvalue weighted by Gasteiger charge is 2.31. The Bertz CT molecular complexity index is 1080. The van der Waals surface area contributed by atoms with Crippen molar-refractivity contribution in [1.82, 2.24) is 0 Å². The molecule has 2 aromatic carbocycles. The number of rotatable bonds is 3. The van der Waals surface area contributed by atoms with Gasteiger partial charge in [0.25, 0.3) is 0 Å². The number of benzene rings is 2. The highest BCUT2D eigenvalue weighted by molar-refractivity contribution is 7.90. The number of hydrogen-bond acceptors (Lipinski definition) is 2. The average molecular weight is 400 g/mol. The number of sulfone groups is 1. The Hall–Kier alpha value is -2.48. The summed E-state index contributed by atoms with van der Waals surface area (Å²) in [4.78, 5) is -0.768. The van der Waals surface area contributed by atoms with Gasteiger partial charge < -0.3 is 0 Å². The molecule has 0 saturated carbocycles. The van der Waals surface area contributed by atoms with Crippen LogP contribution in [-0.4, -0.2) is 14.7 Å². The van der Waals surface area contributed by atoms with E-state index < -0.39 is 38.1 Å². The van der Waals surface area contributed by atoms with Crippen LogP contribution in [0.5, 0.6) is 0 Å². The number of hydrogen-bond donors (Lipinski definition) is 0. The number of allylic oxidation sites excluding steroid dienone is 4. The SMILES string of the molecule is CS(=O)(=O)c1cc(F)c(C2=C(c3cccc(C(F)(F)F)c3)C=CC2)cc1F. The molecule has 0 N–H and O–H groups in total. The van der Waals surface area contributed by atoms with E-state index in [0.29, 0.717) is 11.6 Å². The van der Waals surface area contributed by atoms with Gasteiger partial charge in [-0.1, -0.05) is 24.3 Å². The predicted octanol–water partition coefficient (Wildman–Crippen LogP) is 5.26. The third kappa shape index (κ3) is 3.80. The first-order valence-corrected chi connectivity index (χ1v) is 9.64. The van der Waals surface area contributed by atoms with Gasteiger partial charge in [0, 0.05) is 11.8 Å². The summed E-state index contributed by atoms with van der Waals surface area (Å²) >= 11 is 0. The Morgan fingerprint density at radius 1 is 1.00 bits per heavy atom. The van der Waals surface area contributed by atoms with Crippen LogP contribution >= 0.6 is 0 Å². The zero-order valence-electron chi connectivity index (χ0n) is 13.9. The van der Waals surface area contributed by atoms with Gasteiger partial charge in [0.1, 0.15) is 16.5 Å². The molecule has 0 radical (unpaired) electrons. The van der Waals surface area contributed by atoms with Crippen LogP contribution in [0.3, 0.4) is 0 Å². The third-order valence-corrected chi connectivity index (χ3v) is 5.29. The first kappa shape index (κ1) is 19.3. The van der Waals surface area contributed by atoms with Gasteiger partial charge in [-0.3, -0.25) is 0 Å². The zero-order chi connectivity index (χ0) is 20.0. The molecule has 0 saturated heterocycles. The first-order valence-electron chi connectivity index (χ1n) is 7.75. The fraction of sp³-hybridized carbons (Fsp3) is 0.158. The smallest absolute Gasteiger partial charge is 0.224 e. The van der Waals surface area contributed by atoms with Crippen LogP contribution in [-0.2, 0) is 16.0 Å². The van der Waals surface area contributed by atoms with E-state index in [1.165, 1.54) is 18.2 Å². The Balaban J connectivity index is 2.16. The molecule has 2 aromatic rings. The molecule has 0 aliphatic heterocycles. The lowest BCUT2D eigenvalue weighted by Gasteiger charge is -2.13. The molecule has 0 amide bonds. The van der Waals surface area contributed by atoms with Crippen LogP contribution in [0.25, 0.3) is 11.1 Å². The van der Waals surface area contributed by atoms with Gasteiger partial charge in [-0.25, -0.2) is 17.2 Å². The molecular weight excluding hydrogens is 387 g/mol. The summed E-state index contributed by atoms with van der Waals surface area (Å²) in [5.41, 5.74) is -0.221. The zero-order valence-corrected chi connectivity index (χ0v) is 14.8. The molecule has 0 aromatic heterocycles. The molecule has 0 unspecified atom stereocenters. The lowest BCUT2D eigenvalue weighted by molar-refractivity contribution is -0.137. The van der Waals surface area contributed by atoms with Crippen LogP contribution in [0.2, 0.25) is 0 Å². The molecule has 1 aliphatic carbocycles. The monoisotopic (exact) mass is 400 g/mol. The van der Waals surface area contributed by atoms with Crippen molar-refractivity contribution in [3.8, 4) is 0 Å². The summed E-state index contributed by atoms with van der Waals surface area (Å²) in [6.07, 6.45) is -0.442.